The minimum atomic E-state index is 0.509. The van der Waals surface area contributed by atoms with Crippen molar-refractivity contribution < 1.29 is 0 Å². The molecule has 118 valence electrons. The Morgan fingerprint density at radius 3 is 2.43 bits per heavy atom. The number of thiazole rings is 1. The highest BCUT2D eigenvalue weighted by Crippen LogP contribution is 2.34. The lowest BCUT2D eigenvalue weighted by Crippen LogP contribution is -2.56. The topological polar surface area (TPSA) is 31.4 Å². The van der Waals surface area contributed by atoms with E-state index in [9.17, 15) is 0 Å². The maximum absolute atomic E-state index is 5.04. The molecule has 4 heterocycles. The SMILES string of the molecule is CC(C)NCc1sc(C2CN3CCN2CC3)nc1C(C)C. The Morgan fingerprint density at radius 1 is 1.19 bits per heavy atom. The van der Waals surface area contributed by atoms with Crippen LogP contribution in [0.25, 0.3) is 0 Å². The highest BCUT2D eigenvalue weighted by atomic mass is 32.1. The summed E-state index contributed by atoms with van der Waals surface area (Å²) in [4.78, 5) is 11.7. The second-order valence-corrected chi connectivity index (χ2v) is 8.02. The Labute approximate surface area is 132 Å². The smallest absolute Gasteiger partial charge is 0.112 e. The molecule has 1 aromatic rings. The van der Waals surface area contributed by atoms with Crippen molar-refractivity contribution in [2.24, 2.45) is 0 Å². The number of aromatic nitrogens is 1. The van der Waals surface area contributed by atoms with Crippen LogP contribution in [0.3, 0.4) is 0 Å². The number of hydrogen-bond donors (Lipinski definition) is 1. The fraction of sp³-hybridized carbons (Fsp3) is 0.812. The number of fused-ring (bicyclic) bond motifs is 3. The van der Waals surface area contributed by atoms with Crippen LogP contribution in [0.15, 0.2) is 0 Å². The minimum Gasteiger partial charge on any atom is -0.310 e. The quantitative estimate of drug-likeness (QED) is 0.905. The van der Waals surface area contributed by atoms with E-state index in [2.05, 4.69) is 42.8 Å². The van der Waals surface area contributed by atoms with Gasteiger partial charge in [0.2, 0.25) is 0 Å². The Bertz CT molecular complexity index is 475. The van der Waals surface area contributed by atoms with Crippen LogP contribution in [-0.4, -0.2) is 53.5 Å². The summed E-state index contributed by atoms with van der Waals surface area (Å²) >= 11 is 1.93. The molecule has 3 aliphatic rings. The maximum Gasteiger partial charge on any atom is 0.112 e. The van der Waals surface area contributed by atoms with E-state index in [4.69, 9.17) is 4.98 Å². The van der Waals surface area contributed by atoms with E-state index in [1.54, 1.807) is 0 Å². The predicted molar refractivity (Wildman–Crippen MR) is 88.9 cm³/mol. The van der Waals surface area contributed by atoms with Gasteiger partial charge in [-0.15, -0.1) is 11.3 Å². The van der Waals surface area contributed by atoms with Crippen molar-refractivity contribution in [3.8, 4) is 0 Å². The predicted octanol–water partition coefficient (Wildman–Crippen LogP) is 2.44. The first-order valence-electron chi connectivity index (χ1n) is 8.24. The first-order chi connectivity index (χ1) is 10.0. The van der Waals surface area contributed by atoms with Gasteiger partial charge in [0.15, 0.2) is 0 Å². The molecule has 0 amide bonds. The van der Waals surface area contributed by atoms with Gasteiger partial charge in [-0.1, -0.05) is 27.7 Å². The van der Waals surface area contributed by atoms with E-state index in [1.807, 2.05) is 11.3 Å². The Kier molecular flexibility index (Phi) is 4.64. The van der Waals surface area contributed by atoms with Crippen LogP contribution in [0, 0.1) is 0 Å². The average Bonchev–Trinajstić information content (AvgIpc) is 2.90. The van der Waals surface area contributed by atoms with Crippen molar-refractivity contribution in [1.82, 2.24) is 20.1 Å². The third-order valence-corrected chi connectivity index (χ3v) is 5.70. The number of piperazine rings is 3. The molecule has 2 bridgehead atoms. The van der Waals surface area contributed by atoms with Gasteiger partial charge in [0.05, 0.1) is 11.7 Å². The fourth-order valence-corrected chi connectivity index (χ4v) is 4.55. The molecule has 5 heteroatoms. The van der Waals surface area contributed by atoms with Crippen LogP contribution in [0.2, 0.25) is 0 Å². The molecule has 4 nitrogen and oxygen atoms in total. The molecular formula is C16H28N4S. The molecule has 3 aliphatic heterocycles. The molecule has 0 spiro atoms. The first-order valence-corrected chi connectivity index (χ1v) is 9.05. The summed E-state index contributed by atoms with van der Waals surface area (Å²) in [6.45, 7) is 15.9. The third-order valence-electron chi connectivity index (χ3n) is 4.53. The van der Waals surface area contributed by atoms with Crippen LogP contribution in [0.5, 0.6) is 0 Å². The van der Waals surface area contributed by atoms with Crippen molar-refractivity contribution in [1.29, 1.82) is 0 Å². The summed E-state index contributed by atoms with van der Waals surface area (Å²) in [6.07, 6.45) is 0. The molecule has 0 saturated carbocycles. The van der Waals surface area contributed by atoms with E-state index in [0.29, 0.717) is 18.0 Å². The van der Waals surface area contributed by atoms with Crippen LogP contribution >= 0.6 is 11.3 Å². The van der Waals surface area contributed by atoms with Crippen molar-refractivity contribution in [2.75, 3.05) is 32.7 Å². The number of hydrogen-bond acceptors (Lipinski definition) is 5. The average molecular weight is 308 g/mol. The highest BCUT2D eigenvalue weighted by Gasteiger charge is 2.35. The van der Waals surface area contributed by atoms with Gasteiger partial charge in [0, 0.05) is 50.2 Å². The molecule has 21 heavy (non-hydrogen) atoms. The molecule has 0 aliphatic carbocycles. The molecule has 1 atom stereocenters. The zero-order valence-electron chi connectivity index (χ0n) is 13.7. The lowest BCUT2D eigenvalue weighted by atomic mass is 10.1. The molecule has 0 radical (unpaired) electrons. The van der Waals surface area contributed by atoms with Crippen LogP contribution in [0.4, 0.5) is 0 Å². The third kappa shape index (κ3) is 3.31. The van der Waals surface area contributed by atoms with E-state index >= 15 is 0 Å². The van der Waals surface area contributed by atoms with Gasteiger partial charge in [0.1, 0.15) is 5.01 Å². The van der Waals surface area contributed by atoms with Crippen molar-refractivity contribution in [3.05, 3.63) is 15.6 Å². The Morgan fingerprint density at radius 2 is 1.90 bits per heavy atom. The van der Waals surface area contributed by atoms with Gasteiger partial charge in [-0.25, -0.2) is 4.98 Å². The normalized spacial score (nSPS) is 28.8. The largest absolute Gasteiger partial charge is 0.310 e. The van der Waals surface area contributed by atoms with Crippen LogP contribution < -0.4 is 5.32 Å². The van der Waals surface area contributed by atoms with E-state index in [1.165, 1.54) is 48.3 Å². The number of nitrogens with zero attached hydrogens (tertiary/aromatic N) is 3. The van der Waals surface area contributed by atoms with Gasteiger partial charge in [0.25, 0.3) is 0 Å². The van der Waals surface area contributed by atoms with Crippen molar-refractivity contribution in [2.45, 2.75) is 52.2 Å². The summed E-state index contributed by atoms with van der Waals surface area (Å²) < 4.78 is 0. The molecule has 0 aromatic carbocycles. The Hall–Kier alpha value is -0.490. The standard InChI is InChI=1S/C16H28N4S/c1-11(2)15-14(9-17-12(3)4)21-16(18-15)13-10-19-5-7-20(13)8-6-19/h11-13,17H,5-10H2,1-4H3. The van der Waals surface area contributed by atoms with Gasteiger partial charge in [-0.2, -0.15) is 0 Å². The molecule has 4 rings (SSSR count). The monoisotopic (exact) mass is 308 g/mol. The maximum atomic E-state index is 5.04. The lowest BCUT2D eigenvalue weighted by Gasteiger charge is -2.46. The van der Waals surface area contributed by atoms with Crippen molar-refractivity contribution in [3.63, 3.8) is 0 Å². The van der Waals surface area contributed by atoms with Gasteiger partial charge in [-0.05, 0) is 5.92 Å². The van der Waals surface area contributed by atoms with Gasteiger partial charge in [-0.3, -0.25) is 9.80 Å². The summed E-state index contributed by atoms with van der Waals surface area (Å²) in [5.41, 5.74) is 1.31. The first kappa shape index (κ1) is 15.4. The molecule has 1 unspecified atom stereocenters. The van der Waals surface area contributed by atoms with Crippen LogP contribution in [-0.2, 0) is 6.54 Å². The number of nitrogens with one attached hydrogen (secondary N) is 1. The van der Waals surface area contributed by atoms with E-state index in [0.717, 1.165) is 6.54 Å². The minimum absolute atomic E-state index is 0.509. The van der Waals surface area contributed by atoms with Crippen molar-refractivity contribution >= 4 is 11.3 Å². The zero-order chi connectivity index (χ0) is 15.0. The van der Waals surface area contributed by atoms with E-state index < -0.39 is 0 Å². The number of rotatable bonds is 5. The highest BCUT2D eigenvalue weighted by molar-refractivity contribution is 7.11. The molecule has 1 N–H and O–H groups in total. The van der Waals surface area contributed by atoms with E-state index in [-0.39, 0.29) is 0 Å². The fourth-order valence-electron chi connectivity index (χ4n) is 3.25. The summed E-state index contributed by atoms with van der Waals surface area (Å²) in [6, 6.07) is 1.05. The second kappa shape index (κ2) is 6.32. The molecule has 1 aromatic heterocycles. The van der Waals surface area contributed by atoms with Gasteiger partial charge >= 0.3 is 0 Å². The summed E-state index contributed by atoms with van der Waals surface area (Å²) in [5.74, 6) is 0.509. The zero-order valence-corrected chi connectivity index (χ0v) is 14.5. The molecule has 3 fully saturated rings. The van der Waals surface area contributed by atoms with Gasteiger partial charge < -0.3 is 5.32 Å². The molecular weight excluding hydrogens is 280 g/mol. The molecule has 3 saturated heterocycles. The second-order valence-electron chi connectivity index (χ2n) is 6.90. The van der Waals surface area contributed by atoms with Crippen LogP contribution in [0.1, 0.15) is 55.2 Å². The summed E-state index contributed by atoms with van der Waals surface area (Å²) in [7, 11) is 0. The Balaban J connectivity index is 1.80. The lowest BCUT2D eigenvalue weighted by molar-refractivity contribution is 0.0122. The summed E-state index contributed by atoms with van der Waals surface area (Å²) in [5, 5.41) is 4.89.